The molecule has 0 heterocycles. The molecule has 0 saturated carbocycles. The second-order valence-corrected chi connectivity index (χ2v) is 3.14. The number of nitrogens with zero attached hydrogens (tertiary/aromatic N) is 1. The molecule has 1 aromatic rings. The first-order valence-corrected chi connectivity index (χ1v) is 4.26. The average Bonchev–Trinajstić information content (AvgIpc) is 2.17. The summed E-state index contributed by atoms with van der Waals surface area (Å²) in [7, 11) is 0. The van der Waals surface area contributed by atoms with Crippen molar-refractivity contribution in [3.8, 4) is 0 Å². The van der Waals surface area contributed by atoms with Crippen LogP contribution < -0.4 is 5.73 Å². The third-order valence-corrected chi connectivity index (χ3v) is 2.13. The lowest BCUT2D eigenvalue weighted by Crippen LogP contribution is -2.06. The third-order valence-electron chi connectivity index (χ3n) is 1.81. The molecule has 1 rings (SSSR count). The quantitative estimate of drug-likeness (QED) is 0.508. The predicted molar refractivity (Wildman–Crippen MR) is 62.5 cm³/mol. The zero-order valence-corrected chi connectivity index (χ0v) is 9.29. The Morgan fingerprint density at radius 2 is 2.20 bits per heavy atom. The van der Waals surface area contributed by atoms with Crippen molar-refractivity contribution in [2.24, 2.45) is 5.73 Å². The highest BCUT2D eigenvalue weighted by molar-refractivity contribution is 6.32. The third kappa shape index (κ3) is 3.20. The fourth-order valence-corrected chi connectivity index (χ4v) is 1.20. The molecule has 0 aromatic heterocycles. The van der Waals surface area contributed by atoms with E-state index >= 15 is 0 Å². The standard InChI is InChI=1S/C9H9ClN2O2.ClH/c1-2-8(11)6-3-4-7(10)9(5-6)12(13)14;/h2-5,8H,1,11H2;1H/t8-;/m0./s1. The van der Waals surface area contributed by atoms with Gasteiger partial charge in [0.15, 0.2) is 0 Å². The van der Waals surface area contributed by atoms with Crippen molar-refractivity contribution in [1.82, 2.24) is 0 Å². The van der Waals surface area contributed by atoms with Crippen molar-refractivity contribution in [3.63, 3.8) is 0 Å². The molecule has 1 aromatic carbocycles. The van der Waals surface area contributed by atoms with Crippen LogP contribution in [0, 0.1) is 10.1 Å². The van der Waals surface area contributed by atoms with Gasteiger partial charge in [-0.05, 0) is 11.6 Å². The Morgan fingerprint density at radius 3 is 2.67 bits per heavy atom. The maximum atomic E-state index is 10.5. The Bertz CT molecular complexity index is 382. The van der Waals surface area contributed by atoms with Gasteiger partial charge in [-0.1, -0.05) is 23.7 Å². The van der Waals surface area contributed by atoms with Crippen LogP contribution in [0.5, 0.6) is 0 Å². The van der Waals surface area contributed by atoms with Crippen LogP contribution in [0.3, 0.4) is 0 Å². The summed E-state index contributed by atoms with van der Waals surface area (Å²) >= 11 is 5.63. The van der Waals surface area contributed by atoms with E-state index in [0.29, 0.717) is 5.56 Å². The Labute approximate surface area is 98.3 Å². The first-order chi connectivity index (χ1) is 6.56. The lowest BCUT2D eigenvalue weighted by Gasteiger charge is -2.06. The summed E-state index contributed by atoms with van der Waals surface area (Å²) < 4.78 is 0. The smallest absolute Gasteiger partial charge is 0.288 e. The minimum atomic E-state index is -0.540. The van der Waals surface area contributed by atoms with Crippen molar-refractivity contribution >= 4 is 29.7 Å². The largest absolute Gasteiger partial charge is 0.321 e. The maximum absolute atomic E-state index is 10.5. The van der Waals surface area contributed by atoms with Gasteiger partial charge in [-0.2, -0.15) is 0 Å². The molecule has 0 bridgehead atoms. The van der Waals surface area contributed by atoms with Gasteiger partial charge < -0.3 is 5.73 Å². The van der Waals surface area contributed by atoms with E-state index in [1.165, 1.54) is 18.2 Å². The molecule has 6 heteroatoms. The average molecular weight is 249 g/mol. The fraction of sp³-hybridized carbons (Fsp3) is 0.111. The molecule has 0 radical (unpaired) electrons. The van der Waals surface area contributed by atoms with E-state index in [1.54, 1.807) is 6.07 Å². The van der Waals surface area contributed by atoms with Crippen LogP contribution in [0.4, 0.5) is 5.69 Å². The van der Waals surface area contributed by atoms with Crippen LogP contribution in [0.25, 0.3) is 0 Å². The number of hydrogen-bond acceptors (Lipinski definition) is 3. The van der Waals surface area contributed by atoms with Crippen LogP contribution in [0.1, 0.15) is 11.6 Å². The summed E-state index contributed by atoms with van der Waals surface area (Å²) in [6.07, 6.45) is 1.51. The number of benzene rings is 1. The lowest BCUT2D eigenvalue weighted by atomic mass is 10.1. The molecule has 82 valence electrons. The van der Waals surface area contributed by atoms with Gasteiger partial charge in [0.2, 0.25) is 0 Å². The Balaban J connectivity index is 0.00000196. The molecule has 0 saturated heterocycles. The first-order valence-electron chi connectivity index (χ1n) is 3.88. The second kappa shape index (κ2) is 5.70. The lowest BCUT2D eigenvalue weighted by molar-refractivity contribution is -0.384. The van der Waals surface area contributed by atoms with E-state index in [-0.39, 0.29) is 23.1 Å². The molecule has 0 fully saturated rings. The van der Waals surface area contributed by atoms with E-state index in [4.69, 9.17) is 17.3 Å². The van der Waals surface area contributed by atoms with E-state index in [0.717, 1.165) is 0 Å². The van der Waals surface area contributed by atoms with Crippen LogP contribution >= 0.6 is 24.0 Å². The molecule has 0 amide bonds. The highest BCUT2D eigenvalue weighted by Gasteiger charge is 2.14. The van der Waals surface area contributed by atoms with E-state index in [9.17, 15) is 10.1 Å². The van der Waals surface area contributed by atoms with E-state index in [1.807, 2.05) is 0 Å². The molecule has 0 aliphatic heterocycles. The Kier molecular flexibility index (Phi) is 5.28. The molecule has 15 heavy (non-hydrogen) atoms. The monoisotopic (exact) mass is 248 g/mol. The number of nitro groups is 1. The van der Waals surface area contributed by atoms with Crippen LogP contribution in [0.15, 0.2) is 30.9 Å². The summed E-state index contributed by atoms with van der Waals surface area (Å²) in [5, 5.41) is 10.6. The van der Waals surface area contributed by atoms with Gasteiger partial charge in [0.1, 0.15) is 5.02 Å². The molecule has 4 nitrogen and oxygen atoms in total. The molecule has 0 aliphatic rings. The van der Waals surface area contributed by atoms with Crippen molar-refractivity contribution in [1.29, 1.82) is 0 Å². The number of rotatable bonds is 3. The zero-order valence-electron chi connectivity index (χ0n) is 7.72. The van der Waals surface area contributed by atoms with Gasteiger partial charge in [0.25, 0.3) is 5.69 Å². The summed E-state index contributed by atoms with van der Waals surface area (Å²) in [6.45, 7) is 3.51. The van der Waals surface area contributed by atoms with Gasteiger partial charge >= 0.3 is 0 Å². The van der Waals surface area contributed by atoms with Crippen LogP contribution in [-0.2, 0) is 0 Å². The Hall–Kier alpha value is -1.10. The molecular formula is C9H10Cl2N2O2. The number of hydrogen-bond donors (Lipinski definition) is 1. The van der Waals surface area contributed by atoms with Crippen molar-refractivity contribution in [3.05, 3.63) is 51.6 Å². The fourth-order valence-electron chi connectivity index (χ4n) is 1.01. The highest BCUT2D eigenvalue weighted by Crippen LogP contribution is 2.27. The predicted octanol–water partition coefficient (Wildman–Crippen LogP) is 2.86. The van der Waals surface area contributed by atoms with Crippen molar-refractivity contribution in [2.75, 3.05) is 0 Å². The number of nitro benzene ring substituents is 1. The van der Waals surface area contributed by atoms with Crippen molar-refractivity contribution in [2.45, 2.75) is 6.04 Å². The highest BCUT2D eigenvalue weighted by atomic mass is 35.5. The summed E-state index contributed by atoms with van der Waals surface area (Å²) in [6, 6.07) is 4.04. The minimum absolute atomic E-state index is 0. The summed E-state index contributed by atoms with van der Waals surface area (Å²) in [5.74, 6) is 0. The summed E-state index contributed by atoms with van der Waals surface area (Å²) in [4.78, 5) is 10.00. The molecule has 0 unspecified atom stereocenters. The van der Waals surface area contributed by atoms with Gasteiger partial charge in [-0.25, -0.2) is 0 Å². The van der Waals surface area contributed by atoms with Crippen LogP contribution in [0.2, 0.25) is 5.02 Å². The van der Waals surface area contributed by atoms with Gasteiger partial charge in [0, 0.05) is 12.1 Å². The first kappa shape index (κ1) is 13.9. The number of halogens is 2. The molecule has 0 spiro atoms. The molecular weight excluding hydrogens is 239 g/mol. The second-order valence-electron chi connectivity index (χ2n) is 2.73. The summed E-state index contributed by atoms with van der Waals surface area (Å²) in [5.41, 5.74) is 6.11. The van der Waals surface area contributed by atoms with E-state index < -0.39 is 11.0 Å². The molecule has 2 N–H and O–H groups in total. The Morgan fingerprint density at radius 1 is 1.60 bits per heavy atom. The van der Waals surface area contributed by atoms with Gasteiger partial charge in [0.05, 0.1) is 4.92 Å². The zero-order chi connectivity index (χ0) is 10.7. The van der Waals surface area contributed by atoms with Crippen LogP contribution in [-0.4, -0.2) is 4.92 Å². The molecule has 0 aliphatic carbocycles. The topological polar surface area (TPSA) is 69.2 Å². The van der Waals surface area contributed by atoms with Gasteiger partial charge in [-0.15, -0.1) is 19.0 Å². The maximum Gasteiger partial charge on any atom is 0.288 e. The van der Waals surface area contributed by atoms with Gasteiger partial charge in [-0.3, -0.25) is 10.1 Å². The molecule has 1 atom stereocenters. The van der Waals surface area contributed by atoms with Crippen molar-refractivity contribution < 1.29 is 4.92 Å². The van der Waals surface area contributed by atoms with E-state index in [2.05, 4.69) is 6.58 Å². The normalized spacial score (nSPS) is 11.3. The number of nitrogens with two attached hydrogens (primary N) is 1. The minimum Gasteiger partial charge on any atom is -0.321 e. The SMILES string of the molecule is C=C[C@H](N)c1ccc(Cl)c([N+](=O)[O-])c1.Cl.